The van der Waals surface area contributed by atoms with Crippen molar-refractivity contribution >= 4 is 21.8 Å². The van der Waals surface area contributed by atoms with Gasteiger partial charge in [-0.1, -0.05) is 64.5 Å². The molecule has 1 aliphatic heterocycles. The Labute approximate surface area is 172 Å². The minimum absolute atomic E-state index is 0.102. The van der Waals surface area contributed by atoms with E-state index in [1.807, 2.05) is 36.4 Å². The summed E-state index contributed by atoms with van der Waals surface area (Å²) in [5.41, 5.74) is 4.45. The average Bonchev–Trinajstić information content (AvgIpc) is 3.16. The van der Waals surface area contributed by atoms with Crippen LogP contribution in [-0.2, 0) is 30.9 Å². The third kappa shape index (κ3) is 4.00. The van der Waals surface area contributed by atoms with E-state index in [0.717, 1.165) is 22.0 Å². The Kier molecular flexibility index (Phi) is 5.54. The van der Waals surface area contributed by atoms with Crippen molar-refractivity contribution in [1.82, 2.24) is 20.3 Å². The van der Waals surface area contributed by atoms with E-state index in [2.05, 4.69) is 50.6 Å². The number of nitrogens with one attached hydrogen (secondary N) is 1. The molecule has 3 aromatic rings. The van der Waals surface area contributed by atoms with Crippen LogP contribution in [0.4, 0.5) is 0 Å². The van der Waals surface area contributed by atoms with Gasteiger partial charge in [-0.3, -0.25) is 4.79 Å². The number of fused-ring (bicyclic) bond motifs is 1. The molecule has 2 heterocycles. The molecule has 144 valence electrons. The number of rotatable bonds is 5. The minimum atomic E-state index is -0.230. The summed E-state index contributed by atoms with van der Waals surface area (Å²) in [5.74, 6) is -0.230. The molecule has 0 fully saturated rings. The molecule has 0 radical (unpaired) electrons. The van der Waals surface area contributed by atoms with Crippen molar-refractivity contribution in [3.8, 4) is 0 Å². The fourth-order valence-corrected chi connectivity index (χ4v) is 3.49. The van der Waals surface area contributed by atoms with Crippen molar-refractivity contribution in [2.45, 2.75) is 39.1 Å². The lowest BCUT2D eigenvalue weighted by Crippen LogP contribution is -2.27. The van der Waals surface area contributed by atoms with E-state index in [-0.39, 0.29) is 12.0 Å². The van der Waals surface area contributed by atoms with Gasteiger partial charge in [0.2, 0.25) is 0 Å². The summed E-state index contributed by atoms with van der Waals surface area (Å²) in [6, 6.07) is 16.2. The van der Waals surface area contributed by atoms with E-state index in [0.29, 0.717) is 31.1 Å². The number of amides is 1. The zero-order chi connectivity index (χ0) is 19.5. The summed E-state index contributed by atoms with van der Waals surface area (Å²) in [6.07, 6.45) is 0.899. The van der Waals surface area contributed by atoms with E-state index < -0.39 is 0 Å². The lowest BCUT2D eigenvalue weighted by atomic mass is 10.1. The molecule has 1 aromatic heterocycles. The molecule has 0 aliphatic carbocycles. The number of carbonyl (C=O) groups is 1. The first-order chi connectivity index (χ1) is 13.6. The highest BCUT2D eigenvalue weighted by atomic mass is 79.9. The Morgan fingerprint density at radius 3 is 2.61 bits per heavy atom. The average molecular weight is 441 g/mol. The van der Waals surface area contributed by atoms with Crippen LogP contribution < -0.4 is 5.32 Å². The van der Waals surface area contributed by atoms with Gasteiger partial charge in [-0.2, -0.15) is 0 Å². The van der Waals surface area contributed by atoms with Crippen LogP contribution in [-0.4, -0.2) is 20.9 Å². The lowest BCUT2D eigenvalue weighted by Gasteiger charge is -2.24. The topological polar surface area (TPSA) is 69.0 Å². The number of ether oxygens (including phenoxy) is 1. The maximum atomic E-state index is 12.6. The predicted molar refractivity (Wildman–Crippen MR) is 109 cm³/mol. The van der Waals surface area contributed by atoms with Gasteiger partial charge in [-0.15, -0.1) is 5.10 Å². The standard InChI is InChI=1S/C21H21BrN4O2/c1-2-14-3-5-15(6-4-14)11-23-21(27)20-18-13-28-19(12-26(18)25-24-20)16-7-9-17(22)10-8-16/h3-10,19H,2,11-13H2,1H3,(H,23,27). The van der Waals surface area contributed by atoms with Crippen molar-refractivity contribution < 1.29 is 9.53 Å². The van der Waals surface area contributed by atoms with Crippen molar-refractivity contribution in [2.24, 2.45) is 0 Å². The Bertz CT molecular complexity index is 967. The molecule has 1 amide bonds. The summed E-state index contributed by atoms with van der Waals surface area (Å²) in [4.78, 5) is 12.6. The number of aromatic nitrogens is 3. The summed E-state index contributed by atoms with van der Waals surface area (Å²) in [5, 5.41) is 11.2. The normalized spacial score (nSPS) is 15.9. The Morgan fingerprint density at radius 1 is 1.18 bits per heavy atom. The fraction of sp³-hybridized carbons (Fsp3) is 0.286. The van der Waals surface area contributed by atoms with Crippen molar-refractivity contribution in [1.29, 1.82) is 0 Å². The molecule has 0 saturated heterocycles. The minimum Gasteiger partial charge on any atom is -0.365 e. The highest BCUT2D eigenvalue weighted by Gasteiger charge is 2.27. The first-order valence-electron chi connectivity index (χ1n) is 9.29. The maximum absolute atomic E-state index is 12.6. The smallest absolute Gasteiger partial charge is 0.274 e. The quantitative estimate of drug-likeness (QED) is 0.654. The zero-order valence-electron chi connectivity index (χ0n) is 15.6. The highest BCUT2D eigenvalue weighted by Crippen LogP contribution is 2.27. The molecule has 1 aliphatic rings. The van der Waals surface area contributed by atoms with E-state index in [9.17, 15) is 4.79 Å². The van der Waals surface area contributed by atoms with Crippen LogP contribution in [0, 0.1) is 0 Å². The number of nitrogens with zero attached hydrogens (tertiary/aromatic N) is 3. The van der Waals surface area contributed by atoms with E-state index in [4.69, 9.17) is 4.74 Å². The van der Waals surface area contributed by atoms with Gasteiger partial charge in [0.05, 0.1) is 18.8 Å². The molecule has 1 unspecified atom stereocenters. The number of carbonyl (C=O) groups excluding carboxylic acids is 1. The molecular formula is C21H21BrN4O2. The van der Waals surface area contributed by atoms with E-state index >= 15 is 0 Å². The monoisotopic (exact) mass is 440 g/mol. The first kappa shape index (κ1) is 18.8. The lowest BCUT2D eigenvalue weighted by molar-refractivity contribution is -0.00177. The SMILES string of the molecule is CCc1ccc(CNC(=O)c2nnn3c2COC(c2ccc(Br)cc2)C3)cc1. The largest absolute Gasteiger partial charge is 0.365 e. The van der Waals surface area contributed by atoms with Crippen LogP contribution in [0.2, 0.25) is 0 Å². The highest BCUT2D eigenvalue weighted by molar-refractivity contribution is 9.10. The number of halogens is 1. The third-order valence-electron chi connectivity index (χ3n) is 4.94. The number of aryl methyl sites for hydroxylation is 1. The second-order valence-corrected chi connectivity index (χ2v) is 7.69. The van der Waals surface area contributed by atoms with Crippen LogP contribution >= 0.6 is 15.9 Å². The van der Waals surface area contributed by atoms with Crippen LogP contribution in [0.3, 0.4) is 0 Å². The van der Waals surface area contributed by atoms with E-state index in [1.54, 1.807) is 4.68 Å². The first-order valence-corrected chi connectivity index (χ1v) is 10.1. The molecule has 1 atom stereocenters. The number of benzene rings is 2. The molecule has 0 saturated carbocycles. The van der Waals surface area contributed by atoms with Crippen LogP contribution in [0.25, 0.3) is 0 Å². The van der Waals surface area contributed by atoms with Gasteiger partial charge in [0.15, 0.2) is 5.69 Å². The van der Waals surface area contributed by atoms with E-state index in [1.165, 1.54) is 5.56 Å². The molecule has 1 N–H and O–H groups in total. The van der Waals surface area contributed by atoms with Gasteiger partial charge in [0.1, 0.15) is 6.10 Å². The molecular weight excluding hydrogens is 420 g/mol. The van der Waals surface area contributed by atoms with Gasteiger partial charge in [0.25, 0.3) is 5.91 Å². The van der Waals surface area contributed by atoms with Gasteiger partial charge in [-0.25, -0.2) is 4.68 Å². The Morgan fingerprint density at radius 2 is 1.89 bits per heavy atom. The summed E-state index contributed by atoms with van der Waals surface area (Å²) in [6.45, 7) is 3.42. The van der Waals surface area contributed by atoms with Gasteiger partial charge < -0.3 is 10.1 Å². The van der Waals surface area contributed by atoms with Crippen LogP contribution in [0.5, 0.6) is 0 Å². The molecule has 7 heteroatoms. The number of hydrogen-bond acceptors (Lipinski definition) is 4. The summed E-state index contributed by atoms with van der Waals surface area (Å²) >= 11 is 3.44. The molecule has 6 nitrogen and oxygen atoms in total. The second-order valence-electron chi connectivity index (χ2n) is 6.77. The fourth-order valence-electron chi connectivity index (χ4n) is 3.23. The van der Waals surface area contributed by atoms with Crippen LogP contribution in [0.15, 0.2) is 53.0 Å². The summed E-state index contributed by atoms with van der Waals surface area (Å²) in [7, 11) is 0. The molecule has 4 rings (SSSR count). The molecule has 28 heavy (non-hydrogen) atoms. The van der Waals surface area contributed by atoms with Gasteiger partial charge >= 0.3 is 0 Å². The summed E-state index contributed by atoms with van der Waals surface area (Å²) < 4.78 is 8.76. The molecule has 0 bridgehead atoms. The predicted octanol–water partition coefficient (Wildman–Crippen LogP) is 3.80. The third-order valence-corrected chi connectivity index (χ3v) is 5.47. The Balaban J connectivity index is 1.41. The van der Waals surface area contributed by atoms with Crippen molar-refractivity contribution in [2.75, 3.05) is 0 Å². The van der Waals surface area contributed by atoms with Crippen LogP contribution in [0.1, 0.15) is 45.9 Å². The molecule has 0 spiro atoms. The van der Waals surface area contributed by atoms with Gasteiger partial charge in [-0.05, 0) is 35.2 Å². The maximum Gasteiger partial charge on any atom is 0.274 e. The Hall–Kier alpha value is -2.51. The van der Waals surface area contributed by atoms with Gasteiger partial charge in [0, 0.05) is 11.0 Å². The van der Waals surface area contributed by atoms with Crippen molar-refractivity contribution in [3.05, 3.63) is 81.1 Å². The molecule has 2 aromatic carbocycles. The zero-order valence-corrected chi connectivity index (χ0v) is 17.1. The number of hydrogen-bond donors (Lipinski definition) is 1. The van der Waals surface area contributed by atoms with Crippen molar-refractivity contribution in [3.63, 3.8) is 0 Å². The second kappa shape index (κ2) is 8.24.